The number of nitrogens with one attached hydrogen (secondary N) is 2. The summed E-state index contributed by atoms with van der Waals surface area (Å²) < 4.78 is 60.8. The maximum atomic E-state index is 13.2. The van der Waals surface area contributed by atoms with Crippen LogP contribution >= 0.6 is 12.4 Å². The van der Waals surface area contributed by atoms with E-state index >= 15 is 0 Å². The van der Waals surface area contributed by atoms with Crippen LogP contribution in [0, 0.1) is 0 Å². The van der Waals surface area contributed by atoms with Crippen LogP contribution in [0.1, 0.15) is 13.8 Å². The molecule has 23 heavy (non-hydrogen) atoms. The van der Waals surface area contributed by atoms with Crippen LogP contribution < -0.4 is 10.6 Å². The highest BCUT2D eigenvalue weighted by Gasteiger charge is 2.45. The summed E-state index contributed by atoms with van der Waals surface area (Å²) in [5.41, 5.74) is 0. The highest BCUT2D eigenvalue weighted by Crippen LogP contribution is 2.25. The van der Waals surface area contributed by atoms with E-state index in [2.05, 4.69) is 10.6 Å². The Morgan fingerprint density at radius 1 is 1.26 bits per heavy atom. The molecule has 1 heterocycles. The number of halogens is 4. The van der Waals surface area contributed by atoms with Crippen LogP contribution in [0.15, 0.2) is 0 Å². The van der Waals surface area contributed by atoms with E-state index in [9.17, 15) is 26.4 Å². The topological polar surface area (TPSA) is 78.5 Å². The third-order valence-corrected chi connectivity index (χ3v) is 5.94. The quantitative estimate of drug-likeness (QED) is 0.710. The number of sulfone groups is 1. The van der Waals surface area contributed by atoms with Gasteiger partial charge in [-0.2, -0.15) is 13.2 Å². The van der Waals surface area contributed by atoms with Gasteiger partial charge in [0.15, 0.2) is 9.84 Å². The summed E-state index contributed by atoms with van der Waals surface area (Å²) in [5.74, 6) is -0.931. The smallest absolute Gasteiger partial charge is 0.353 e. The molecule has 2 N–H and O–H groups in total. The van der Waals surface area contributed by atoms with Crippen LogP contribution in [-0.2, 0) is 14.6 Å². The first-order chi connectivity index (χ1) is 9.87. The highest BCUT2D eigenvalue weighted by molar-refractivity contribution is 7.92. The highest BCUT2D eigenvalue weighted by atomic mass is 35.5. The van der Waals surface area contributed by atoms with Crippen molar-refractivity contribution in [2.75, 3.05) is 39.0 Å². The number of alkyl halides is 3. The number of piperazine rings is 1. The second kappa shape index (κ2) is 8.00. The average molecular weight is 382 g/mol. The van der Waals surface area contributed by atoms with Gasteiger partial charge in [-0.05, 0) is 13.8 Å². The average Bonchev–Trinajstić information content (AvgIpc) is 2.37. The fourth-order valence-electron chi connectivity index (χ4n) is 2.02. The summed E-state index contributed by atoms with van der Waals surface area (Å²) in [4.78, 5) is 13.2. The van der Waals surface area contributed by atoms with Crippen LogP contribution in [0.5, 0.6) is 0 Å². The van der Waals surface area contributed by atoms with Gasteiger partial charge in [0.1, 0.15) is 10.8 Å². The van der Waals surface area contributed by atoms with Gasteiger partial charge in [-0.3, -0.25) is 9.69 Å². The van der Waals surface area contributed by atoms with Crippen LogP contribution in [0.4, 0.5) is 13.2 Å². The molecule has 1 amide bonds. The minimum absolute atomic E-state index is 0. The molecule has 6 nitrogen and oxygen atoms in total. The standard InChI is InChI=1S/C12H22F3N3O3S.ClH/c1-11(2,22(3,20)21)10(19)17-8-9(12(13,14)15)18-6-4-16-5-7-18;/h9,16H,4-8H2,1-3H3,(H,17,19);1H. The zero-order valence-corrected chi connectivity index (χ0v) is 14.9. The van der Waals surface area contributed by atoms with E-state index < -0.39 is 39.3 Å². The third-order valence-electron chi connectivity index (χ3n) is 3.90. The Morgan fingerprint density at radius 2 is 1.74 bits per heavy atom. The van der Waals surface area contributed by atoms with Crippen LogP contribution in [-0.4, -0.2) is 75.2 Å². The molecule has 1 rings (SSSR count). The Kier molecular flexibility index (Phi) is 7.80. The Bertz CT molecular complexity index is 505. The summed E-state index contributed by atoms with van der Waals surface area (Å²) in [6.07, 6.45) is -3.62. The first-order valence-electron chi connectivity index (χ1n) is 6.87. The predicted octanol–water partition coefficient (Wildman–Crippen LogP) is 0.184. The fourth-order valence-corrected chi connectivity index (χ4v) is 2.43. The van der Waals surface area contributed by atoms with Gasteiger partial charge in [0.05, 0.1) is 0 Å². The molecule has 1 aliphatic rings. The molecular formula is C12H23ClF3N3O3S. The fraction of sp³-hybridized carbons (Fsp3) is 0.917. The maximum Gasteiger partial charge on any atom is 0.405 e. The number of hydrogen-bond donors (Lipinski definition) is 2. The van der Waals surface area contributed by atoms with Gasteiger partial charge in [-0.15, -0.1) is 12.4 Å². The molecule has 0 spiro atoms. The monoisotopic (exact) mass is 381 g/mol. The van der Waals surface area contributed by atoms with E-state index in [1.165, 1.54) is 18.7 Å². The van der Waals surface area contributed by atoms with Gasteiger partial charge in [0, 0.05) is 39.0 Å². The molecule has 0 aromatic heterocycles. The van der Waals surface area contributed by atoms with Crippen LogP contribution in [0.3, 0.4) is 0 Å². The van der Waals surface area contributed by atoms with Crippen molar-refractivity contribution in [3.05, 3.63) is 0 Å². The predicted molar refractivity (Wildman–Crippen MR) is 83.5 cm³/mol. The van der Waals surface area contributed by atoms with Crippen LogP contribution in [0.25, 0.3) is 0 Å². The van der Waals surface area contributed by atoms with E-state index in [1.807, 2.05) is 0 Å². The van der Waals surface area contributed by atoms with Crippen molar-refractivity contribution < 1.29 is 26.4 Å². The number of nitrogens with zero attached hydrogens (tertiary/aromatic N) is 1. The van der Waals surface area contributed by atoms with Gasteiger partial charge in [-0.25, -0.2) is 8.42 Å². The summed E-state index contributed by atoms with van der Waals surface area (Å²) in [6.45, 7) is 2.99. The molecule has 1 unspecified atom stereocenters. The first-order valence-corrected chi connectivity index (χ1v) is 8.76. The van der Waals surface area contributed by atoms with E-state index in [0.29, 0.717) is 13.1 Å². The Balaban J connectivity index is 0.00000484. The minimum atomic E-state index is -4.50. The van der Waals surface area contributed by atoms with Crippen LogP contribution in [0.2, 0.25) is 0 Å². The molecule has 0 aliphatic carbocycles. The molecule has 138 valence electrons. The lowest BCUT2D eigenvalue weighted by molar-refractivity contribution is -0.184. The van der Waals surface area contributed by atoms with Crippen molar-refractivity contribution in [2.24, 2.45) is 0 Å². The SMILES string of the molecule is CC(C)(C(=O)NCC(N1CCNCC1)C(F)(F)F)S(C)(=O)=O.Cl. The van der Waals surface area contributed by atoms with Gasteiger partial charge >= 0.3 is 6.18 Å². The van der Waals surface area contributed by atoms with Gasteiger partial charge in [0.25, 0.3) is 0 Å². The lowest BCUT2D eigenvalue weighted by atomic mass is 10.1. The summed E-state index contributed by atoms with van der Waals surface area (Å²) >= 11 is 0. The summed E-state index contributed by atoms with van der Waals surface area (Å²) in [5, 5.41) is 5.09. The Hall–Kier alpha value is -0.580. The lowest BCUT2D eigenvalue weighted by Gasteiger charge is -2.36. The van der Waals surface area contributed by atoms with Crippen molar-refractivity contribution in [3.8, 4) is 0 Å². The molecule has 0 aromatic rings. The van der Waals surface area contributed by atoms with Crippen molar-refractivity contribution in [1.82, 2.24) is 15.5 Å². The van der Waals surface area contributed by atoms with E-state index in [0.717, 1.165) is 6.26 Å². The number of carbonyl (C=O) groups excluding carboxylic acids is 1. The molecular weight excluding hydrogens is 359 g/mol. The number of rotatable bonds is 5. The van der Waals surface area contributed by atoms with Gasteiger partial charge in [-0.1, -0.05) is 0 Å². The molecule has 11 heteroatoms. The van der Waals surface area contributed by atoms with Crippen molar-refractivity contribution >= 4 is 28.2 Å². The summed E-state index contributed by atoms with van der Waals surface area (Å²) in [7, 11) is -3.73. The molecule has 1 atom stereocenters. The molecule has 0 radical (unpaired) electrons. The largest absolute Gasteiger partial charge is 0.405 e. The van der Waals surface area contributed by atoms with E-state index in [4.69, 9.17) is 0 Å². The minimum Gasteiger partial charge on any atom is -0.353 e. The van der Waals surface area contributed by atoms with Crippen molar-refractivity contribution in [2.45, 2.75) is 30.8 Å². The molecule has 1 fully saturated rings. The number of amides is 1. The normalized spacial score (nSPS) is 18.9. The molecule has 0 aromatic carbocycles. The number of hydrogen-bond acceptors (Lipinski definition) is 5. The molecule has 1 aliphatic heterocycles. The van der Waals surface area contributed by atoms with Gasteiger partial charge < -0.3 is 10.6 Å². The third kappa shape index (κ3) is 5.77. The maximum absolute atomic E-state index is 13.2. The zero-order chi connectivity index (χ0) is 17.2. The second-order valence-electron chi connectivity index (χ2n) is 5.84. The molecule has 1 saturated heterocycles. The first kappa shape index (κ1) is 22.4. The van der Waals surface area contributed by atoms with Gasteiger partial charge in [0.2, 0.25) is 5.91 Å². The Labute approximate surface area is 140 Å². The zero-order valence-electron chi connectivity index (χ0n) is 13.2. The second-order valence-corrected chi connectivity index (χ2v) is 8.40. The molecule has 0 bridgehead atoms. The Morgan fingerprint density at radius 3 is 2.13 bits per heavy atom. The van der Waals surface area contributed by atoms with E-state index in [-0.39, 0.29) is 25.5 Å². The molecule has 0 saturated carbocycles. The summed E-state index contributed by atoms with van der Waals surface area (Å²) in [6, 6.07) is -1.83. The van der Waals surface area contributed by atoms with Crippen molar-refractivity contribution in [3.63, 3.8) is 0 Å². The van der Waals surface area contributed by atoms with E-state index in [1.54, 1.807) is 0 Å². The number of carbonyl (C=O) groups is 1. The van der Waals surface area contributed by atoms with Crippen molar-refractivity contribution in [1.29, 1.82) is 0 Å². The lowest BCUT2D eigenvalue weighted by Crippen LogP contribution is -2.59.